The maximum absolute atomic E-state index is 13.7. The highest BCUT2D eigenvalue weighted by atomic mass is 19.1. The number of benzene rings is 1. The molecule has 0 amide bonds. The van der Waals surface area contributed by atoms with Crippen molar-refractivity contribution in [2.75, 3.05) is 5.73 Å². The summed E-state index contributed by atoms with van der Waals surface area (Å²) in [5, 5.41) is 3.71. The second-order valence-corrected chi connectivity index (χ2v) is 3.70. The van der Waals surface area contributed by atoms with Crippen LogP contribution >= 0.6 is 0 Å². The van der Waals surface area contributed by atoms with Gasteiger partial charge in [0.1, 0.15) is 5.82 Å². The average molecular weight is 257 g/mol. The molecule has 0 radical (unpaired) electrons. The van der Waals surface area contributed by atoms with E-state index in [1.54, 1.807) is 24.5 Å². The molecule has 0 unspecified atom stereocenters. The van der Waals surface area contributed by atoms with Crippen molar-refractivity contribution >= 4 is 5.69 Å². The topological polar surface area (TPSA) is 90.7 Å². The van der Waals surface area contributed by atoms with Crippen molar-refractivity contribution in [2.24, 2.45) is 0 Å². The fourth-order valence-corrected chi connectivity index (χ4v) is 1.60. The first-order valence-electron chi connectivity index (χ1n) is 5.41. The van der Waals surface area contributed by atoms with Crippen molar-refractivity contribution in [3.63, 3.8) is 0 Å². The summed E-state index contributed by atoms with van der Waals surface area (Å²) in [6, 6.07) is 6.00. The fourth-order valence-electron chi connectivity index (χ4n) is 1.60. The Bertz CT molecular complexity index is 693. The lowest BCUT2D eigenvalue weighted by Crippen LogP contribution is -1.94. The van der Waals surface area contributed by atoms with Crippen LogP contribution in [0.3, 0.4) is 0 Å². The zero-order valence-corrected chi connectivity index (χ0v) is 9.62. The van der Waals surface area contributed by atoms with Crippen molar-refractivity contribution in [1.82, 2.24) is 20.1 Å². The average Bonchev–Trinajstić information content (AvgIpc) is 2.89. The molecular formula is C12H8FN5O. The molecule has 6 nitrogen and oxygen atoms in total. The van der Waals surface area contributed by atoms with E-state index in [4.69, 9.17) is 10.3 Å². The second kappa shape index (κ2) is 4.45. The smallest absolute Gasteiger partial charge is 0.263 e. The molecule has 0 saturated carbocycles. The van der Waals surface area contributed by atoms with Crippen LogP contribution in [0.2, 0.25) is 0 Å². The van der Waals surface area contributed by atoms with Crippen molar-refractivity contribution in [1.29, 1.82) is 0 Å². The molecule has 2 heterocycles. The monoisotopic (exact) mass is 257 g/mol. The lowest BCUT2D eigenvalue weighted by atomic mass is 10.1. The van der Waals surface area contributed by atoms with Gasteiger partial charge in [0.2, 0.25) is 11.6 Å². The maximum atomic E-state index is 13.7. The highest BCUT2D eigenvalue weighted by molar-refractivity contribution is 5.71. The molecule has 0 aliphatic rings. The first kappa shape index (κ1) is 11.3. The number of nitrogens with zero attached hydrogens (tertiary/aromatic N) is 4. The van der Waals surface area contributed by atoms with Crippen molar-refractivity contribution in [3.8, 4) is 23.1 Å². The van der Waals surface area contributed by atoms with E-state index in [9.17, 15) is 4.39 Å². The zero-order chi connectivity index (χ0) is 13.2. The van der Waals surface area contributed by atoms with Crippen LogP contribution in [0.25, 0.3) is 23.1 Å². The quantitative estimate of drug-likeness (QED) is 0.705. The van der Waals surface area contributed by atoms with E-state index in [0.717, 1.165) is 0 Å². The first-order valence-corrected chi connectivity index (χ1v) is 5.41. The second-order valence-electron chi connectivity index (χ2n) is 3.70. The largest absolute Gasteiger partial charge is 0.398 e. The Morgan fingerprint density at radius 2 is 1.84 bits per heavy atom. The molecule has 3 rings (SSSR count). The van der Waals surface area contributed by atoms with E-state index < -0.39 is 5.82 Å². The van der Waals surface area contributed by atoms with Crippen LogP contribution in [-0.4, -0.2) is 20.1 Å². The summed E-state index contributed by atoms with van der Waals surface area (Å²) in [5.74, 6) is -0.0482. The van der Waals surface area contributed by atoms with E-state index in [1.807, 2.05) is 0 Å². The van der Waals surface area contributed by atoms with E-state index >= 15 is 0 Å². The third kappa shape index (κ3) is 2.01. The van der Waals surface area contributed by atoms with Crippen LogP contribution in [0.4, 0.5) is 10.1 Å². The summed E-state index contributed by atoms with van der Waals surface area (Å²) in [6.07, 6.45) is 3.10. The Kier molecular flexibility index (Phi) is 2.64. The fraction of sp³-hybridized carbons (Fsp3) is 0. The predicted molar refractivity (Wildman–Crippen MR) is 65.1 cm³/mol. The molecule has 0 saturated heterocycles. The van der Waals surface area contributed by atoms with Gasteiger partial charge in [0.15, 0.2) is 0 Å². The van der Waals surface area contributed by atoms with Crippen LogP contribution in [0.5, 0.6) is 0 Å². The lowest BCUT2D eigenvalue weighted by molar-refractivity contribution is 0.429. The van der Waals surface area contributed by atoms with Gasteiger partial charge in [-0.25, -0.2) is 14.4 Å². The van der Waals surface area contributed by atoms with Gasteiger partial charge in [-0.05, 0) is 18.2 Å². The Labute approximate surface area is 107 Å². The van der Waals surface area contributed by atoms with Gasteiger partial charge in [0.05, 0.1) is 5.56 Å². The van der Waals surface area contributed by atoms with Crippen LogP contribution in [0.1, 0.15) is 0 Å². The summed E-state index contributed by atoms with van der Waals surface area (Å²) in [4.78, 5) is 12.0. The normalized spacial score (nSPS) is 10.6. The van der Waals surface area contributed by atoms with Crippen molar-refractivity contribution in [3.05, 3.63) is 42.5 Å². The molecule has 0 aliphatic heterocycles. The molecule has 3 aromatic rings. The summed E-state index contributed by atoms with van der Waals surface area (Å²) in [7, 11) is 0. The summed E-state index contributed by atoms with van der Waals surface area (Å²) in [5.41, 5.74) is 6.01. The molecule has 94 valence electrons. The highest BCUT2D eigenvalue weighted by Crippen LogP contribution is 2.28. The third-order valence-electron chi connectivity index (χ3n) is 2.45. The predicted octanol–water partition coefficient (Wildman–Crippen LogP) is 1.91. The van der Waals surface area contributed by atoms with E-state index in [0.29, 0.717) is 5.82 Å². The molecule has 7 heteroatoms. The Hall–Kier alpha value is -2.83. The van der Waals surface area contributed by atoms with Gasteiger partial charge < -0.3 is 10.3 Å². The minimum Gasteiger partial charge on any atom is -0.398 e. The Morgan fingerprint density at radius 3 is 2.58 bits per heavy atom. The number of rotatable bonds is 2. The third-order valence-corrected chi connectivity index (χ3v) is 2.45. The van der Waals surface area contributed by atoms with Crippen LogP contribution in [0, 0.1) is 5.82 Å². The van der Waals surface area contributed by atoms with Gasteiger partial charge in [-0.3, -0.25) is 0 Å². The Morgan fingerprint density at radius 1 is 1.05 bits per heavy atom. The lowest BCUT2D eigenvalue weighted by Gasteiger charge is -2.00. The molecule has 0 fully saturated rings. The van der Waals surface area contributed by atoms with Gasteiger partial charge in [-0.2, -0.15) is 4.98 Å². The molecule has 0 atom stereocenters. The number of nitrogens with two attached hydrogens (primary N) is 1. The molecule has 2 aromatic heterocycles. The maximum Gasteiger partial charge on any atom is 0.263 e. The molecule has 2 N–H and O–H groups in total. The number of hydrogen-bond donors (Lipinski definition) is 1. The van der Waals surface area contributed by atoms with E-state index in [2.05, 4.69) is 20.1 Å². The molecule has 0 bridgehead atoms. The Balaban J connectivity index is 2.07. The van der Waals surface area contributed by atoms with Crippen LogP contribution < -0.4 is 5.73 Å². The van der Waals surface area contributed by atoms with Gasteiger partial charge in [-0.15, -0.1) is 0 Å². The first-order chi connectivity index (χ1) is 9.25. The van der Waals surface area contributed by atoms with Crippen LogP contribution in [-0.2, 0) is 0 Å². The summed E-state index contributed by atoms with van der Waals surface area (Å²) < 4.78 is 18.7. The van der Waals surface area contributed by atoms with Gasteiger partial charge in [0, 0.05) is 18.1 Å². The summed E-state index contributed by atoms with van der Waals surface area (Å²) >= 11 is 0. The van der Waals surface area contributed by atoms with E-state index in [1.165, 1.54) is 12.1 Å². The van der Waals surface area contributed by atoms with Crippen molar-refractivity contribution in [2.45, 2.75) is 0 Å². The van der Waals surface area contributed by atoms with Crippen molar-refractivity contribution < 1.29 is 8.91 Å². The minimum absolute atomic E-state index is 0.00180. The molecule has 0 spiro atoms. The zero-order valence-electron chi connectivity index (χ0n) is 9.62. The molecular weight excluding hydrogens is 249 g/mol. The molecule has 1 aromatic carbocycles. The van der Waals surface area contributed by atoms with Gasteiger partial charge in [0.25, 0.3) is 5.89 Å². The number of aromatic nitrogens is 4. The van der Waals surface area contributed by atoms with Gasteiger partial charge in [-0.1, -0.05) is 11.2 Å². The highest BCUT2D eigenvalue weighted by Gasteiger charge is 2.17. The number of nitrogen functional groups attached to an aromatic ring is 1. The number of anilines is 1. The SMILES string of the molecule is Nc1cccc(F)c1-c1nc(-c2ncccn2)no1. The summed E-state index contributed by atoms with van der Waals surface area (Å²) in [6.45, 7) is 0. The molecule has 0 aliphatic carbocycles. The minimum atomic E-state index is -0.524. The molecule has 19 heavy (non-hydrogen) atoms. The number of halogens is 1. The van der Waals surface area contributed by atoms with Crippen LogP contribution in [0.15, 0.2) is 41.2 Å². The standard InChI is InChI=1S/C12H8FN5O/c13-7-3-1-4-8(14)9(7)12-17-11(18-19-12)10-15-5-2-6-16-10/h1-6H,14H2. The number of hydrogen-bond acceptors (Lipinski definition) is 6. The van der Waals surface area contributed by atoms with Gasteiger partial charge >= 0.3 is 0 Å². The van der Waals surface area contributed by atoms with E-state index in [-0.39, 0.29) is 23.0 Å².